The summed E-state index contributed by atoms with van der Waals surface area (Å²) in [4.78, 5) is 17.9. The number of pyridine rings is 1. The number of aryl methyl sites for hydroxylation is 1. The Bertz CT molecular complexity index is 1140. The Labute approximate surface area is 191 Å². The first kappa shape index (κ1) is 23.2. The van der Waals surface area contributed by atoms with Crippen LogP contribution in [0.2, 0.25) is 0 Å². The van der Waals surface area contributed by atoms with E-state index in [0.717, 1.165) is 49.8 Å². The molecule has 2 aromatic heterocycles. The second-order valence-corrected chi connectivity index (χ2v) is 14.9. The van der Waals surface area contributed by atoms with Gasteiger partial charge in [0.1, 0.15) is 5.84 Å². The Morgan fingerprint density at radius 1 is 1.31 bits per heavy atom. The van der Waals surface area contributed by atoms with Crippen LogP contribution in [0.3, 0.4) is 0 Å². The maximum atomic E-state index is 13.2. The van der Waals surface area contributed by atoms with Gasteiger partial charge in [-0.15, -0.1) is 0 Å². The molecule has 0 atom stereocenters. The summed E-state index contributed by atoms with van der Waals surface area (Å²) in [6.45, 7) is 3.81. The van der Waals surface area contributed by atoms with Crippen molar-refractivity contribution in [1.82, 2.24) is 14.1 Å². The van der Waals surface area contributed by atoms with E-state index >= 15 is 0 Å². The lowest BCUT2D eigenvalue weighted by Crippen LogP contribution is -2.46. The highest BCUT2D eigenvalue weighted by Crippen LogP contribution is 2.62. The van der Waals surface area contributed by atoms with Crippen LogP contribution in [0.25, 0.3) is 11.2 Å². The molecule has 0 amide bonds. The van der Waals surface area contributed by atoms with Crippen LogP contribution in [-0.4, -0.2) is 51.1 Å². The van der Waals surface area contributed by atoms with E-state index in [4.69, 9.17) is 15.6 Å². The van der Waals surface area contributed by atoms with Crippen LogP contribution in [0.15, 0.2) is 17.1 Å². The molecule has 2 saturated carbocycles. The molecule has 0 spiro atoms. The van der Waals surface area contributed by atoms with Crippen molar-refractivity contribution in [3.05, 3.63) is 33.7 Å². The number of hydrogen-bond acceptors (Lipinski definition) is 5. The van der Waals surface area contributed by atoms with E-state index in [1.54, 1.807) is 10.8 Å². The van der Waals surface area contributed by atoms with E-state index in [9.17, 15) is 4.79 Å². The minimum Gasteiger partial charge on any atom is -0.376 e. The normalized spacial score (nSPS) is 18.1. The molecule has 2 aromatic rings. The summed E-state index contributed by atoms with van der Waals surface area (Å²) in [7, 11) is -0.600. The van der Waals surface area contributed by atoms with Gasteiger partial charge < -0.3 is 9.30 Å². The summed E-state index contributed by atoms with van der Waals surface area (Å²) in [5.74, 6) is 1.97. The quantitative estimate of drug-likeness (QED) is 0.322. The van der Waals surface area contributed by atoms with Gasteiger partial charge in [-0.25, -0.2) is 15.0 Å². The van der Waals surface area contributed by atoms with E-state index in [1.807, 2.05) is 6.07 Å². The van der Waals surface area contributed by atoms with Crippen molar-refractivity contribution < 1.29 is 4.74 Å². The monoisotopic (exact) mass is 459 g/mol. The van der Waals surface area contributed by atoms with Gasteiger partial charge in [0.25, 0.3) is 5.56 Å². The molecule has 0 aromatic carbocycles. The van der Waals surface area contributed by atoms with Gasteiger partial charge in [-0.3, -0.25) is 20.2 Å². The number of unbranched alkanes of at least 4 members (excludes halogenated alkanes) is 1. The lowest BCUT2D eigenvalue weighted by Gasteiger charge is -2.24. The van der Waals surface area contributed by atoms with E-state index in [0.29, 0.717) is 42.7 Å². The zero-order valence-electron chi connectivity index (χ0n) is 19.9. The van der Waals surface area contributed by atoms with Crippen molar-refractivity contribution in [2.45, 2.75) is 58.6 Å². The van der Waals surface area contributed by atoms with Gasteiger partial charge in [0, 0.05) is 23.9 Å². The predicted octanol–water partition coefficient (Wildman–Crippen LogP) is 3.70. The SMILES string of the molecule is CCCCn1c(=O)c(=N)n(C(=N)C2(C3CC3)CC2)c2ncc(COCCS(C)(C)C)cc21. The summed E-state index contributed by atoms with van der Waals surface area (Å²) >= 11 is 0. The minimum absolute atomic E-state index is 0.143. The van der Waals surface area contributed by atoms with E-state index in [1.165, 1.54) is 4.57 Å². The number of nitrogens with zero attached hydrogens (tertiary/aromatic N) is 3. The summed E-state index contributed by atoms with van der Waals surface area (Å²) in [5, 5.41) is 17.6. The fraction of sp³-hybridized carbons (Fsp3) is 0.667. The Hall–Kier alpha value is -1.93. The van der Waals surface area contributed by atoms with Crippen molar-refractivity contribution in [2.24, 2.45) is 11.3 Å². The second-order valence-electron chi connectivity index (χ2n) is 10.3. The Morgan fingerprint density at radius 3 is 2.62 bits per heavy atom. The van der Waals surface area contributed by atoms with Crippen molar-refractivity contribution in [2.75, 3.05) is 31.1 Å². The topological polar surface area (TPSA) is 96.8 Å². The molecular formula is C24H37N5O2S. The predicted molar refractivity (Wildman–Crippen MR) is 132 cm³/mol. The van der Waals surface area contributed by atoms with E-state index < -0.39 is 10.0 Å². The highest BCUT2D eigenvalue weighted by Gasteiger charge is 2.57. The Balaban J connectivity index is 1.73. The maximum Gasteiger partial charge on any atom is 0.294 e. The average Bonchev–Trinajstić information content (AvgIpc) is 3.63. The number of hydrogen-bond donors (Lipinski definition) is 2. The first-order valence-electron chi connectivity index (χ1n) is 11.7. The van der Waals surface area contributed by atoms with Crippen molar-refractivity contribution in [3.8, 4) is 0 Å². The molecule has 2 aliphatic carbocycles. The van der Waals surface area contributed by atoms with Crippen LogP contribution in [-0.2, 0) is 17.9 Å². The summed E-state index contributed by atoms with van der Waals surface area (Å²) < 4.78 is 9.11. The van der Waals surface area contributed by atoms with Gasteiger partial charge >= 0.3 is 0 Å². The first-order valence-corrected chi connectivity index (χ1v) is 14.7. The highest BCUT2D eigenvalue weighted by molar-refractivity contribution is 8.32. The zero-order chi connectivity index (χ0) is 23.1. The van der Waals surface area contributed by atoms with Crippen molar-refractivity contribution in [3.63, 3.8) is 0 Å². The molecule has 2 fully saturated rings. The van der Waals surface area contributed by atoms with Gasteiger partial charge in [0.2, 0.25) is 0 Å². The molecule has 2 aliphatic rings. The molecule has 2 N–H and O–H groups in total. The second kappa shape index (κ2) is 8.78. The summed E-state index contributed by atoms with van der Waals surface area (Å²) in [6.07, 6.45) is 14.7. The highest BCUT2D eigenvalue weighted by atomic mass is 32.3. The largest absolute Gasteiger partial charge is 0.376 e. The van der Waals surface area contributed by atoms with Crippen molar-refractivity contribution >= 4 is 27.0 Å². The fourth-order valence-corrected chi connectivity index (χ4v) is 5.08. The third kappa shape index (κ3) is 4.57. The Kier molecular flexibility index (Phi) is 6.38. The molecule has 4 rings (SSSR count). The lowest BCUT2D eigenvalue weighted by atomic mass is 9.98. The summed E-state index contributed by atoms with van der Waals surface area (Å²) in [5.41, 5.74) is 1.54. The molecule has 0 unspecified atom stereocenters. The number of fused-ring (bicyclic) bond motifs is 1. The molecule has 32 heavy (non-hydrogen) atoms. The minimum atomic E-state index is -0.600. The van der Waals surface area contributed by atoms with Crippen LogP contribution < -0.4 is 11.0 Å². The number of ether oxygens (including phenoxy) is 1. The zero-order valence-corrected chi connectivity index (χ0v) is 20.7. The molecule has 0 saturated heterocycles. The van der Waals surface area contributed by atoms with Gasteiger partial charge in [0.05, 0.1) is 18.7 Å². The van der Waals surface area contributed by atoms with Gasteiger partial charge in [-0.1, -0.05) is 13.3 Å². The molecule has 8 heteroatoms. The van der Waals surface area contributed by atoms with Gasteiger partial charge in [0.15, 0.2) is 11.1 Å². The Morgan fingerprint density at radius 2 is 2.03 bits per heavy atom. The van der Waals surface area contributed by atoms with Gasteiger partial charge in [-0.2, -0.15) is 0 Å². The smallest absolute Gasteiger partial charge is 0.294 e. The lowest BCUT2D eigenvalue weighted by molar-refractivity contribution is 0.136. The van der Waals surface area contributed by atoms with Crippen LogP contribution in [0.4, 0.5) is 0 Å². The molecule has 0 bridgehead atoms. The number of aromatic nitrogens is 3. The summed E-state index contributed by atoms with van der Waals surface area (Å²) in [6, 6.07) is 1.98. The van der Waals surface area contributed by atoms with Crippen LogP contribution in [0.1, 0.15) is 51.0 Å². The molecule has 176 valence electrons. The molecule has 0 radical (unpaired) electrons. The third-order valence-electron chi connectivity index (χ3n) is 6.76. The van der Waals surface area contributed by atoms with Crippen LogP contribution >= 0.6 is 10.0 Å². The standard InChI is InChI=1S/C24H37N5O2S/c1-5-6-11-28-19-14-17(16-31-12-13-32(2,3)4)15-27-21(19)29(20(25)22(28)30)23(26)24(9-10-24)18-7-8-18/h14-15,18,25-26H,5-13,16H2,1-4H3. The molecule has 7 nitrogen and oxygen atoms in total. The average molecular weight is 460 g/mol. The van der Waals surface area contributed by atoms with Crippen molar-refractivity contribution in [1.29, 1.82) is 10.8 Å². The van der Waals surface area contributed by atoms with Gasteiger partial charge in [-0.05, 0) is 68.4 Å². The van der Waals surface area contributed by atoms with E-state index in [-0.39, 0.29) is 16.5 Å². The fourth-order valence-electron chi connectivity index (χ4n) is 4.46. The molecule has 0 aliphatic heterocycles. The third-order valence-corrected chi connectivity index (χ3v) is 8.16. The van der Waals surface area contributed by atoms with Crippen LogP contribution in [0, 0.1) is 22.2 Å². The van der Waals surface area contributed by atoms with Crippen LogP contribution in [0.5, 0.6) is 0 Å². The number of rotatable bonds is 10. The first-order chi connectivity index (χ1) is 15.2. The number of nitrogens with one attached hydrogen (secondary N) is 2. The molecular weight excluding hydrogens is 422 g/mol. The molecule has 2 heterocycles. The van der Waals surface area contributed by atoms with E-state index in [2.05, 4.69) is 30.7 Å². The maximum absolute atomic E-state index is 13.2.